The van der Waals surface area contributed by atoms with Crippen LogP contribution in [0.2, 0.25) is 0 Å². The molecule has 2 aromatic rings. The molecule has 3 rings (SSSR count). The van der Waals surface area contributed by atoms with Crippen LogP contribution in [-0.2, 0) is 4.74 Å². The maximum absolute atomic E-state index is 5.24. The van der Waals surface area contributed by atoms with Gasteiger partial charge in [0.15, 0.2) is 0 Å². The quantitative estimate of drug-likeness (QED) is 0.904. The number of rotatable bonds is 5. The molecular formula is C20H30N4O. The molecular weight excluding hydrogens is 312 g/mol. The standard InChI is InChI=1S/C20H30N4O/c1-14-7-8-18-16(3)22-20(23-19(18)12-14)24-10-5-6-17(9-11-24)21-15(2)13-25-4/h7-8,12,15,17,21H,5-6,9-11,13H2,1-4H3/t15-,17-/m1/s1. The lowest BCUT2D eigenvalue weighted by molar-refractivity contribution is 0.165. The van der Waals surface area contributed by atoms with Crippen molar-refractivity contribution in [3.05, 3.63) is 29.5 Å². The van der Waals surface area contributed by atoms with E-state index in [1.54, 1.807) is 7.11 Å². The lowest BCUT2D eigenvalue weighted by atomic mass is 10.1. The molecule has 0 amide bonds. The van der Waals surface area contributed by atoms with E-state index >= 15 is 0 Å². The summed E-state index contributed by atoms with van der Waals surface area (Å²) in [6.07, 6.45) is 3.46. The molecule has 0 bridgehead atoms. The zero-order valence-corrected chi connectivity index (χ0v) is 15.9. The molecule has 5 heteroatoms. The Bertz CT molecular complexity index is 718. The van der Waals surface area contributed by atoms with Crippen LogP contribution in [0.15, 0.2) is 18.2 Å². The molecule has 1 saturated heterocycles. The van der Waals surface area contributed by atoms with E-state index in [-0.39, 0.29) is 0 Å². The number of ether oxygens (including phenoxy) is 1. The number of nitrogens with zero attached hydrogens (tertiary/aromatic N) is 3. The van der Waals surface area contributed by atoms with Crippen LogP contribution in [0.5, 0.6) is 0 Å². The van der Waals surface area contributed by atoms with Crippen LogP contribution >= 0.6 is 0 Å². The third-order valence-electron chi connectivity index (χ3n) is 4.98. The smallest absolute Gasteiger partial charge is 0.226 e. The molecule has 1 aromatic carbocycles. The number of aromatic nitrogens is 2. The number of methoxy groups -OCH3 is 1. The van der Waals surface area contributed by atoms with Crippen LogP contribution in [0, 0.1) is 13.8 Å². The minimum Gasteiger partial charge on any atom is -0.383 e. The molecule has 1 aliphatic heterocycles. The Morgan fingerprint density at radius 2 is 2.08 bits per heavy atom. The second kappa shape index (κ2) is 8.11. The Labute approximate surface area is 150 Å². The van der Waals surface area contributed by atoms with Crippen LogP contribution in [0.3, 0.4) is 0 Å². The fraction of sp³-hybridized carbons (Fsp3) is 0.600. The van der Waals surface area contributed by atoms with Gasteiger partial charge in [0.1, 0.15) is 0 Å². The molecule has 0 radical (unpaired) electrons. The van der Waals surface area contributed by atoms with E-state index in [9.17, 15) is 0 Å². The third kappa shape index (κ3) is 4.47. The number of hydrogen-bond donors (Lipinski definition) is 1. The first-order chi connectivity index (χ1) is 12.1. The molecule has 25 heavy (non-hydrogen) atoms. The second-order valence-corrected chi connectivity index (χ2v) is 7.27. The average Bonchev–Trinajstić information content (AvgIpc) is 2.80. The summed E-state index contributed by atoms with van der Waals surface area (Å²) in [7, 11) is 1.76. The van der Waals surface area contributed by atoms with Gasteiger partial charge in [0, 0.05) is 37.7 Å². The maximum Gasteiger partial charge on any atom is 0.226 e. The summed E-state index contributed by atoms with van der Waals surface area (Å²) in [6.45, 7) is 9.15. The number of benzene rings is 1. The number of anilines is 1. The topological polar surface area (TPSA) is 50.3 Å². The summed E-state index contributed by atoms with van der Waals surface area (Å²) >= 11 is 0. The lowest BCUT2D eigenvalue weighted by Gasteiger charge is -2.23. The molecule has 2 atom stereocenters. The van der Waals surface area contributed by atoms with Gasteiger partial charge >= 0.3 is 0 Å². The Morgan fingerprint density at radius 3 is 2.88 bits per heavy atom. The maximum atomic E-state index is 5.24. The SMILES string of the molecule is COC[C@@H](C)N[C@@H]1CCCN(c2nc(C)c3ccc(C)cc3n2)CC1. The largest absolute Gasteiger partial charge is 0.383 e. The van der Waals surface area contributed by atoms with E-state index in [1.165, 1.54) is 12.0 Å². The fourth-order valence-electron chi connectivity index (χ4n) is 3.69. The van der Waals surface area contributed by atoms with Gasteiger partial charge in [0.05, 0.1) is 17.8 Å². The second-order valence-electron chi connectivity index (χ2n) is 7.27. The van der Waals surface area contributed by atoms with E-state index < -0.39 is 0 Å². The summed E-state index contributed by atoms with van der Waals surface area (Å²) in [5.74, 6) is 0.876. The normalized spacial score (nSPS) is 19.8. The molecule has 0 unspecified atom stereocenters. The van der Waals surface area contributed by atoms with Gasteiger partial charge in [0.2, 0.25) is 5.95 Å². The highest BCUT2D eigenvalue weighted by molar-refractivity contribution is 5.82. The minimum absolute atomic E-state index is 0.392. The number of aryl methyl sites for hydroxylation is 2. The van der Waals surface area contributed by atoms with Crippen molar-refractivity contribution in [3.8, 4) is 0 Å². The van der Waals surface area contributed by atoms with Crippen LogP contribution in [0.25, 0.3) is 10.9 Å². The monoisotopic (exact) mass is 342 g/mol. The van der Waals surface area contributed by atoms with Gasteiger partial charge in [-0.2, -0.15) is 0 Å². The van der Waals surface area contributed by atoms with Crippen molar-refractivity contribution in [3.63, 3.8) is 0 Å². The van der Waals surface area contributed by atoms with Crippen molar-refractivity contribution in [2.24, 2.45) is 0 Å². The molecule has 0 spiro atoms. The minimum atomic E-state index is 0.392. The lowest BCUT2D eigenvalue weighted by Crippen LogP contribution is -2.39. The number of fused-ring (bicyclic) bond motifs is 1. The number of nitrogens with one attached hydrogen (secondary N) is 1. The van der Waals surface area contributed by atoms with Crippen molar-refractivity contribution in [1.29, 1.82) is 0 Å². The third-order valence-corrected chi connectivity index (χ3v) is 4.98. The zero-order chi connectivity index (χ0) is 17.8. The van der Waals surface area contributed by atoms with Gasteiger partial charge in [-0.05, 0) is 51.7 Å². The molecule has 2 heterocycles. The van der Waals surface area contributed by atoms with Gasteiger partial charge in [-0.3, -0.25) is 0 Å². The highest BCUT2D eigenvalue weighted by Crippen LogP contribution is 2.22. The van der Waals surface area contributed by atoms with Crippen molar-refractivity contribution in [2.75, 3.05) is 31.7 Å². The molecule has 0 aliphatic carbocycles. The van der Waals surface area contributed by atoms with Crippen LogP contribution < -0.4 is 10.2 Å². The Kier molecular flexibility index (Phi) is 5.86. The molecule has 1 N–H and O–H groups in total. The summed E-state index contributed by atoms with van der Waals surface area (Å²) in [4.78, 5) is 12.0. The highest BCUT2D eigenvalue weighted by Gasteiger charge is 2.20. The van der Waals surface area contributed by atoms with E-state index in [4.69, 9.17) is 14.7 Å². The van der Waals surface area contributed by atoms with E-state index in [1.807, 2.05) is 0 Å². The Morgan fingerprint density at radius 1 is 1.24 bits per heavy atom. The van der Waals surface area contributed by atoms with Gasteiger partial charge in [-0.15, -0.1) is 0 Å². The van der Waals surface area contributed by atoms with Crippen molar-refractivity contribution >= 4 is 16.9 Å². The first kappa shape index (κ1) is 18.1. The molecule has 1 aliphatic rings. The van der Waals surface area contributed by atoms with Gasteiger partial charge in [0.25, 0.3) is 0 Å². The first-order valence-corrected chi connectivity index (χ1v) is 9.31. The van der Waals surface area contributed by atoms with Crippen LogP contribution in [0.1, 0.15) is 37.4 Å². The predicted molar refractivity (Wildman–Crippen MR) is 103 cm³/mol. The summed E-state index contributed by atoms with van der Waals surface area (Å²) < 4.78 is 5.24. The fourth-order valence-corrected chi connectivity index (χ4v) is 3.69. The summed E-state index contributed by atoms with van der Waals surface area (Å²) in [5, 5.41) is 4.84. The van der Waals surface area contributed by atoms with Crippen molar-refractivity contribution in [1.82, 2.24) is 15.3 Å². The highest BCUT2D eigenvalue weighted by atomic mass is 16.5. The Balaban J connectivity index is 1.73. The number of hydrogen-bond acceptors (Lipinski definition) is 5. The Hall–Kier alpha value is -1.72. The van der Waals surface area contributed by atoms with Gasteiger partial charge in [-0.25, -0.2) is 9.97 Å². The average molecular weight is 342 g/mol. The van der Waals surface area contributed by atoms with Crippen LogP contribution in [0.4, 0.5) is 5.95 Å². The molecule has 136 valence electrons. The first-order valence-electron chi connectivity index (χ1n) is 9.31. The molecule has 1 fully saturated rings. The summed E-state index contributed by atoms with van der Waals surface area (Å²) in [6, 6.07) is 7.34. The van der Waals surface area contributed by atoms with Crippen molar-refractivity contribution < 1.29 is 4.74 Å². The molecule has 0 saturated carbocycles. The van der Waals surface area contributed by atoms with Gasteiger partial charge < -0.3 is 15.0 Å². The van der Waals surface area contributed by atoms with E-state index in [2.05, 4.69) is 49.2 Å². The summed E-state index contributed by atoms with van der Waals surface area (Å²) in [5.41, 5.74) is 3.35. The molecule has 5 nitrogen and oxygen atoms in total. The van der Waals surface area contributed by atoms with Crippen molar-refractivity contribution in [2.45, 2.75) is 52.1 Å². The van der Waals surface area contributed by atoms with E-state index in [0.29, 0.717) is 12.1 Å². The zero-order valence-electron chi connectivity index (χ0n) is 15.9. The van der Waals surface area contributed by atoms with Crippen LogP contribution in [-0.4, -0.2) is 48.9 Å². The van der Waals surface area contributed by atoms with E-state index in [0.717, 1.165) is 55.1 Å². The molecule has 1 aromatic heterocycles. The predicted octanol–water partition coefficient (Wildman–Crippen LogP) is 3.23. The van der Waals surface area contributed by atoms with Gasteiger partial charge in [-0.1, -0.05) is 12.1 Å².